The van der Waals surface area contributed by atoms with Crippen molar-refractivity contribution >= 4 is 6.29 Å². The molecule has 0 amide bonds. The lowest BCUT2D eigenvalue weighted by Gasteiger charge is -1.98. The van der Waals surface area contributed by atoms with E-state index in [-0.39, 0.29) is 0 Å². The average molecular weight is 286 g/mol. The van der Waals surface area contributed by atoms with Crippen molar-refractivity contribution in [3.05, 3.63) is 35.7 Å². The zero-order valence-corrected chi connectivity index (χ0v) is 12.8. The van der Waals surface area contributed by atoms with Crippen LogP contribution in [0, 0.1) is 11.3 Å². The van der Waals surface area contributed by atoms with Gasteiger partial charge in [0.2, 0.25) is 0 Å². The van der Waals surface area contributed by atoms with Crippen LogP contribution in [0.5, 0.6) is 0 Å². The Morgan fingerprint density at radius 2 is 1.71 bits per heavy atom. The predicted molar refractivity (Wildman–Crippen MR) is 86.2 cm³/mol. The molecule has 114 valence electrons. The maximum absolute atomic E-state index is 10.5. The zero-order valence-electron chi connectivity index (χ0n) is 12.8. The average Bonchev–Trinajstić information content (AvgIpc) is 2.96. The van der Waals surface area contributed by atoms with Gasteiger partial charge in [0.05, 0.1) is 11.8 Å². The summed E-state index contributed by atoms with van der Waals surface area (Å²) in [6, 6.07) is 6.01. The summed E-state index contributed by atoms with van der Waals surface area (Å²) in [6.45, 7) is 0. The minimum Gasteiger partial charge on any atom is -0.356 e. The Morgan fingerprint density at radius 3 is 2.33 bits per heavy atom. The lowest BCUT2D eigenvalue weighted by atomic mass is 10.1. The highest BCUT2D eigenvalue weighted by Gasteiger charge is 1.97. The number of aryl methyl sites for hydroxylation is 1. The number of aldehydes is 1. The minimum absolute atomic E-state index is 0.669. The Balaban J connectivity index is 1.90. The molecule has 0 aromatic carbocycles. The SMILES string of the molecule is N#CCCCCCC=CCCCCCc1ccc(C=O)[nH]1. The van der Waals surface area contributed by atoms with Crippen molar-refractivity contribution in [1.29, 1.82) is 5.26 Å². The van der Waals surface area contributed by atoms with E-state index in [0.717, 1.165) is 44.1 Å². The number of rotatable bonds is 12. The van der Waals surface area contributed by atoms with Gasteiger partial charge in [-0.2, -0.15) is 5.26 Å². The summed E-state index contributed by atoms with van der Waals surface area (Å²) in [7, 11) is 0. The summed E-state index contributed by atoms with van der Waals surface area (Å²) in [5, 5.41) is 8.41. The number of carbonyl (C=O) groups excluding carboxylic acids is 1. The molecule has 3 nitrogen and oxygen atoms in total. The van der Waals surface area contributed by atoms with Gasteiger partial charge in [0.1, 0.15) is 0 Å². The molecular weight excluding hydrogens is 260 g/mol. The van der Waals surface area contributed by atoms with Crippen molar-refractivity contribution in [2.75, 3.05) is 0 Å². The fourth-order valence-electron chi connectivity index (χ4n) is 2.31. The van der Waals surface area contributed by atoms with Gasteiger partial charge in [0.15, 0.2) is 6.29 Å². The molecule has 0 aliphatic heterocycles. The number of hydrogen-bond acceptors (Lipinski definition) is 2. The van der Waals surface area contributed by atoms with Crippen LogP contribution in [0.25, 0.3) is 0 Å². The minimum atomic E-state index is 0.669. The van der Waals surface area contributed by atoms with Crippen LogP contribution in [-0.4, -0.2) is 11.3 Å². The third-order valence-electron chi connectivity index (χ3n) is 3.54. The van der Waals surface area contributed by atoms with Crippen molar-refractivity contribution < 1.29 is 4.79 Å². The maximum atomic E-state index is 10.5. The third kappa shape index (κ3) is 8.86. The number of aromatic nitrogens is 1. The van der Waals surface area contributed by atoms with Crippen molar-refractivity contribution in [2.24, 2.45) is 0 Å². The Hall–Kier alpha value is -1.82. The first-order chi connectivity index (χ1) is 10.4. The molecule has 0 radical (unpaired) electrons. The van der Waals surface area contributed by atoms with Crippen molar-refractivity contribution in [3.63, 3.8) is 0 Å². The highest BCUT2D eigenvalue weighted by atomic mass is 16.1. The van der Waals surface area contributed by atoms with E-state index in [2.05, 4.69) is 23.2 Å². The predicted octanol–water partition coefficient (Wildman–Crippen LogP) is 4.96. The van der Waals surface area contributed by atoms with E-state index in [1.54, 1.807) is 0 Å². The molecule has 0 atom stereocenters. The van der Waals surface area contributed by atoms with E-state index in [1.807, 2.05) is 12.1 Å². The lowest BCUT2D eigenvalue weighted by Crippen LogP contribution is -1.87. The summed E-state index contributed by atoms with van der Waals surface area (Å²) >= 11 is 0. The summed E-state index contributed by atoms with van der Waals surface area (Å²) in [5.41, 5.74) is 1.83. The quantitative estimate of drug-likeness (QED) is 0.335. The molecule has 1 N–H and O–H groups in total. The second kappa shape index (κ2) is 12.0. The van der Waals surface area contributed by atoms with Crippen LogP contribution < -0.4 is 0 Å². The van der Waals surface area contributed by atoms with Crippen LogP contribution in [0.15, 0.2) is 24.3 Å². The van der Waals surface area contributed by atoms with Gasteiger partial charge < -0.3 is 4.98 Å². The number of hydrogen-bond donors (Lipinski definition) is 1. The molecule has 0 saturated carbocycles. The van der Waals surface area contributed by atoms with Gasteiger partial charge in [-0.1, -0.05) is 25.0 Å². The Kier molecular flexibility index (Phi) is 9.82. The van der Waals surface area contributed by atoms with Crippen LogP contribution in [0.3, 0.4) is 0 Å². The molecule has 1 aromatic heterocycles. The normalized spacial score (nSPS) is 10.8. The molecule has 0 bridgehead atoms. The van der Waals surface area contributed by atoms with Crippen LogP contribution >= 0.6 is 0 Å². The Labute approximate surface area is 128 Å². The van der Waals surface area contributed by atoms with Gasteiger partial charge in [-0.05, 0) is 57.1 Å². The molecule has 1 rings (SSSR count). The van der Waals surface area contributed by atoms with Gasteiger partial charge in [0.25, 0.3) is 0 Å². The van der Waals surface area contributed by atoms with E-state index < -0.39 is 0 Å². The number of allylic oxidation sites excluding steroid dienone is 2. The number of carbonyl (C=O) groups is 1. The third-order valence-corrected chi connectivity index (χ3v) is 3.54. The van der Waals surface area contributed by atoms with Crippen LogP contribution in [0.4, 0.5) is 0 Å². The fourth-order valence-corrected chi connectivity index (χ4v) is 2.31. The summed E-state index contributed by atoms with van der Waals surface area (Å²) < 4.78 is 0. The van der Waals surface area contributed by atoms with E-state index in [9.17, 15) is 4.79 Å². The number of nitrogens with one attached hydrogen (secondary N) is 1. The van der Waals surface area contributed by atoms with Gasteiger partial charge >= 0.3 is 0 Å². The highest BCUT2D eigenvalue weighted by Crippen LogP contribution is 2.09. The van der Waals surface area contributed by atoms with E-state index in [4.69, 9.17) is 5.26 Å². The molecule has 3 heteroatoms. The van der Waals surface area contributed by atoms with Gasteiger partial charge in [0, 0.05) is 12.1 Å². The molecule has 0 aliphatic carbocycles. The first kappa shape index (κ1) is 17.2. The fraction of sp³-hybridized carbons (Fsp3) is 0.556. The largest absolute Gasteiger partial charge is 0.356 e. The zero-order chi connectivity index (χ0) is 15.2. The van der Waals surface area contributed by atoms with Crippen molar-refractivity contribution in [3.8, 4) is 6.07 Å². The van der Waals surface area contributed by atoms with E-state index >= 15 is 0 Å². The number of nitriles is 1. The van der Waals surface area contributed by atoms with E-state index in [0.29, 0.717) is 12.1 Å². The van der Waals surface area contributed by atoms with Crippen LogP contribution in [-0.2, 0) is 6.42 Å². The summed E-state index contributed by atoms with van der Waals surface area (Å²) in [4.78, 5) is 13.6. The Bertz CT molecular complexity index is 454. The van der Waals surface area contributed by atoms with Crippen LogP contribution in [0.1, 0.15) is 74.0 Å². The van der Waals surface area contributed by atoms with Crippen molar-refractivity contribution in [2.45, 2.75) is 64.2 Å². The summed E-state index contributed by atoms with van der Waals surface area (Å²) in [6.07, 6.45) is 16.4. The monoisotopic (exact) mass is 286 g/mol. The first-order valence-electron chi connectivity index (χ1n) is 8.02. The molecule has 0 unspecified atom stereocenters. The van der Waals surface area contributed by atoms with E-state index in [1.165, 1.54) is 25.7 Å². The second-order valence-electron chi connectivity index (χ2n) is 5.38. The first-order valence-corrected chi connectivity index (χ1v) is 8.02. The Morgan fingerprint density at radius 1 is 1.00 bits per heavy atom. The molecule has 0 fully saturated rings. The standard InChI is InChI=1S/C18H26N2O/c19-15-11-9-7-5-3-1-2-4-6-8-10-12-17-13-14-18(16-21)20-17/h1-2,13-14,16,20H,3-12H2. The number of H-pyrrole nitrogens is 1. The number of nitrogens with zero attached hydrogens (tertiary/aromatic N) is 1. The maximum Gasteiger partial charge on any atom is 0.166 e. The molecule has 21 heavy (non-hydrogen) atoms. The molecule has 1 heterocycles. The molecule has 0 aliphatic rings. The molecular formula is C18H26N2O. The highest BCUT2D eigenvalue weighted by molar-refractivity contribution is 5.71. The second-order valence-corrected chi connectivity index (χ2v) is 5.38. The molecule has 1 aromatic rings. The smallest absolute Gasteiger partial charge is 0.166 e. The molecule has 0 spiro atoms. The number of unbranched alkanes of at least 4 members (excludes halogenated alkanes) is 7. The molecule has 0 saturated heterocycles. The summed E-state index contributed by atoms with van der Waals surface area (Å²) in [5.74, 6) is 0. The van der Waals surface area contributed by atoms with Gasteiger partial charge in [-0.15, -0.1) is 0 Å². The topological polar surface area (TPSA) is 56.6 Å². The lowest BCUT2D eigenvalue weighted by molar-refractivity contribution is 0.111. The van der Waals surface area contributed by atoms with Gasteiger partial charge in [-0.25, -0.2) is 0 Å². The van der Waals surface area contributed by atoms with Gasteiger partial charge in [-0.3, -0.25) is 4.79 Å². The van der Waals surface area contributed by atoms with Crippen molar-refractivity contribution in [1.82, 2.24) is 4.98 Å². The number of aromatic amines is 1. The van der Waals surface area contributed by atoms with Crippen LogP contribution in [0.2, 0.25) is 0 Å².